The monoisotopic (exact) mass is 511 g/mol. The molecule has 0 saturated carbocycles. The normalized spacial score (nSPS) is 11.3. The molecule has 0 unspecified atom stereocenters. The molecule has 0 amide bonds. The fraction of sp³-hybridized carbons (Fsp3) is 0.970. The molecule has 0 heterocycles. The highest BCUT2D eigenvalue weighted by Crippen LogP contribution is 2.15. The number of aliphatic hydroxyl groups is 1. The summed E-state index contributed by atoms with van der Waals surface area (Å²) >= 11 is 0. The van der Waals surface area contributed by atoms with Crippen molar-refractivity contribution in [2.75, 3.05) is 13.2 Å². The smallest absolute Gasteiger partial charge is 0.305 e. The first kappa shape index (κ1) is 35.4. The number of hydrogen-bond donors (Lipinski definition) is 1. The Morgan fingerprint density at radius 3 is 1.11 bits per heavy atom. The average molecular weight is 511 g/mol. The van der Waals surface area contributed by atoms with Crippen molar-refractivity contribution in [3.05, 3.63) is 0 Å². The highest BCUT2D eigenvalue weighted by Gasteiger charge is 2.02. The molecular formula is C33H66O3. The number of carbonyl (C=O) groups is 1. The maximum absolute atomic E-state index is 11.9. The van der Waals surface area contributed by atoms with Gasteiger partial charge in [0.15, 0.2) is 0 Å². The summed E-state index contributed by atoms with van der Waals surface area (Å²) in [5, 5.41) is 8.76. The first-order valence-corrected chi connectivity index (χ1v) is 16.6. The highest BCUT2D eigenvalue weighted by molar-refractivity contribution is 5.69. The van der Waals surface area contributed by atoms with Gasteiger partial charge in [-0.1, -0.05) is 167 Å². The fourth-order valence-corrected chi connectivity index (χ4v) is 5.06. The standard InChI is InChI=1S/C33H66O3/c1-2-3-4-5-6-7-8-9-10-11-12-13-15-18-21-24-27-30-33(35)36-32-29-26-23-20-17-14-16-19-22-25-28-31-34/h34H,2-32H2,1H3. The van der Waals surface area contributed by atoms with Gasteiger partial charge in [-0.15, -0.1) is 0 Å². The summed E-state index contributed by atoms with van der Waals surface area (Å²) in [6.07, 6.45) is 37.4. The van der Waals surface area contributed by atoms with Crippen molar-refractivity contribution in [3.8, 4) is 0 Å². The molecule has 0 aromatic heterocycles. The number of ether oxygens (including phenoxy) is 1. The quantitative estimate of drug-likeness (QED) is 0.0745. The second kappa shape index (κ2) is 32.5. The van der Waals surface area contributed by atoms with Crippen LogP contribution in [0.1, 0.15) is 193 Å². The van der Waals surface area contributed by atoms with Crippen LogP contribution < -0.4 is 0 Å². The molecule has 0 radical (unpaired) electrons. The molecule has 216 valence electrons. The largest absolute Gasteiger partial charge is 0.466 e. The van der Waals surface area contributed by atoms with E-state index in [1.165, 1.54) is 161 Å². The lowest BCUT2D eigenvalue weighted by Gasteiger charge is -2.06. The summed E-state index contributed by atoms with van der Waals surface area (Å²) in [4.78, 5) is 11.9. The third-order valence-corrected chi connectivity index (χ3v) is 7.55. The molecule has 0 rings (SSSR count). The summed E-state index contributed by atoms with van der Waals surface area (Å²) in [5.41, 5.74) is 0. The number of esters is 1. The van der Waals surface area contributed by atoms with E-state index in [0.717, 1.165) is 19.3 Å². The lowest BCUT2D eigenvalue weighted by Crippen LogP contribution is -2.05. The summed E-state index contributed by atoms with van der Waals surface area (Å²) in [6.45, 7) is 3.24. The van der Waals surface area contributed by atoms with Crippen molar-refractivity contribution in [2.24, 2.45) is 0 Å². The van der Waals surface area contributed by atoms with E-state index in [4.69, 9.17) is 9.84 Å². The van der Waals surface area contributed by atoms with Gasteiger partial charge >= 0.3 is 5.97 Å². The van der Waals surface area contributed by atoms with Crippen molar-refractivity contribution in [1.82, 2.24) is 0 Å². The summed E-state index contributed by atoms with van der Waals surface area (Å²) in [6, 6.07) is 0. The van der Waals surface area contributed by atoms with Crippen LogP contribution in [0.15, 0.2) is 0 Å². The Labute approximate surface area is 226 Å². The van der Waals surface area contributed by atoms with Crippen LogP contribution in [-0.2, 0) is 9.53 Å². The number of rotatable bonds is 31. The van der Waals surface area contributed by atoms with Crippen LogP contribution in [0.3, 0.4) is 0 Å². The zero-order chi connectivity index (χ0) is 26.2. The van der Waals surface area contributed by atoms with Crippen molar-refractivity contribution in [2.45, 2.75) is 193 Å². The van der Waals surface area contributed by atoms with E-state index in [0.29, 0.717) is 19.6 Å². The van der Waals surface area contributed by atoms with Gasteiger partial charge in [0.1, 0.15) is 0 Å². The Bertz CT molecular complexity index is 410. The summed E-state index contributed by atoms with van der Waals surface area (Å²) in [5.74, 6) is 0.0113. The molecule has 0 aliphatic rings. The van der Waals surface area contributed by atoms with E-state index in [1.807, 2.05) is 0 Å². The molecule has 0 saturated heterocycles. The van der Waals surface area contributed by atoms with E-state index < -0.39 is 0 Å². The van der Waals surface area contributed by atoms with Gasteiger partial charge < -0.3 is 9.84 Å². The minimum atomic E-state index is 0.0113. The van der Waals surface area contributed by atoms with Crippen molar-refractivity contribution >= 4 is 5.97 Å². The Kier molecular flexibility index (Phi) is 31.9. The molecule has 0 atom stereocenters. The molecule has 0 aliphatic carbocycles. The molecule has 0 aliphatic heterocycles. The van der Waals surface area contributed by atoms with Gasteiger partial charge in [0.2, 0.25) is 0 Å². The summed E-state index contributed by atoms with van der Waals surface area (Å²) < 4.78 is 5.41. The molecular weight excluding hydrogens is 444 g/mol. The van der Waals surface area contributed by atoms with E-state index in [-0.39, 0.29) is 5.97 Å². The van der Waals surface area contributed by atoms with Crippen molar-refractivity contribution < 1.29 is 14.6 Å². The molecule has 0 aromatic carbocycles. The highest BCUT2D eigenvalue weighted by atomic mass is 16.5. The van der Waals surface area contributed by atoms with Crippen LogP contribution in [0.4, 0.5) is 0 Å². The third kappa shape index (κ3) is 31.5. The molecule has 0 aromatic rings. The molecule has 0 fully saturated rings. The minimum Gasteiger partial charge on any atom is -0.466 e. The predicted octanol–water partition coefficient (Wildman–Crippen LogP) is 10.9. The number of carbonyl (C=O) groups excluding carboxylic acids is 1. The second-order valence-electron chi connectivity index (χ2n) is 11.2. The topological polar surface area (TPSA) is 46.5 Å². The van der Waals surface area contributed by atoms with E-state index in [1.54, 1.807) is 0 Å². The Morgan fingerprint density at radius 2 is 0.750 bits per heavy atom. The number of aliphatic hydroxyl groups excluding tert-OH is 1. The van der Waals surface area contributed by atoms with Crippen LogP contribution in [0, 0.1) is 0 Å². The van der Waals surface area contributed by atoms with Gasteiger partial charge in [-0.05, 0) is 19.3 Å². The van der Waals surface area contributed by atoms with E-state index in [2.05, 4.69) is 6.92 Å². The molecule has 1 N–H and O–H groups in total. The van der Waals surface area contributed by atoms with Gasteiger partial charge in [0, 0.05) is 13.0 Å². The van der Waals surface area contributed by atoms with Crippen molar-refractivity contribution in [3.63, 3.8) is 0 Å². The Hall–Kier alpha value is -0.570. The third-order valence-electron chi connectivity index (χ3n) is 7.55. The van der Waals surface area contributed by atoms with E-state index >= 15 is 0 Å². The number of unbranched alkanes of at least 4 members (excludes halogenated alkanes) is 26. The van der Waals surface area contributed by atoms with Gasteiger partial charge in [0.25, 0.3) is 0 Å². The van der Waals surface area contributed by atoms with Crippen LogP contribution in [0.2, 0.25) is 0 Å². The van der Waals surface area contributed by atoms with Crippen LogP contribution in [0.5, 0.6) is 0 Å². The molecule has 0 bridgehead atoms. The SMILES string of the molecule is CCCCCCCCCCCCCCCCCCCC(=O)OCCCCCCCCCCCCCO. The van der Waals surface area contributed by atoms with Gasteiger partial charge in [-0.2, -0.15) is 0 Å². The zero-order valence-electron chi connectivity index (χ0n) is 24.7. The van der Waals surface area contributed by atoms with Gasteiger partial charge in [-0.3, -0.25) is 4.79 Å². The Balaban J connectivity index is 3.13. The minimum absolute atomic E-state index is 0.0113. The maximum atomic E-state index is 11.9. The Morgan fingerprint density at radius 1 is 0.444 bits per heavy atom. The molecule has 36 heavy (non-hydrogen) atoms. The van der Waals surface area contributed by atoms with Gasteiger partial charge in [-0.25, -0.2) is 0 Å². The lowest BCUT2D eigenvalue weighted by atomic mass is 10.0. The molecule has 3 heteroatoms. The first-order valence-electron chi connectivity index (χ1n) is 16.6. The molecule has 0 spiro atoms. The van der Waals surface area contributed by atoms with Crippen LogP contribution >= 0.6 is 0 Å². The molecule has 3 nitrogen and oxygen atoms in total. The first-order chi connectivity index (χ1) is 17.8. The number of hydrogen-bond acceptors (Lipinski definition) is 3. The van der Waals surface area contributed by atoms with E-state index in [9.17, 15) is 4.79 Å². The van der Waals surface area contributed by atoms with Crippen LogP contribution in [-0.4, -0.2) is 24.3 Å². The second-order valence-corrected chi connectivity index (χ2v) is 11.2. The summed E-state index contributed by atoms with van der Waals surface area (Å²) in [7, 11) is 0. The van der Waals surface area contributed by atoms with Crippen LogP contribution in [0.25, 0.3) is 0 Å². The van der Waals surface area contributed by atoms with Crippen molar-refractivity contribution in [1.29, 1.82) is 0 Å². The van der Waals surface area contributed by atoms with Gasteiger partial charge in [0.05, 0.1) is 6.61 Å². The zero-order valence-corrected chi connectivity index (χ0v) is 24.7. The maximum Gasteiger partial charge on any atom is 0.305 e. The average Bonchev–Trinajstić information content (AvgIpc) is 2.88. The lowest BCUT2D eigenvalue weighted by molar-refractivity contribution is -0.143. The fourth-order valence-electron chi connectivity index (χ4n) is 5.06. The predicted molar refractivity (Wildman–Crippen MR) is 158 cm³/mol.